The molecule has 0 aliphatic rings. The number of ether oxygens (including phenoxy) is 1. The normalized spacial score (nSPS) is 13.0. The lowest BCUT2D eigenvalue weighted by molar-refractivity contribution is -0.155. The molecule has 0 aliphatic carbocycles. The van der Waals surface area contributed by atoms with E-state index in [1.54, 1.807) is 27.7 Å². The minimum absolute atomic E-state index is 0.197. The molecular formula is C13H16BrClFNO2. The zero-order valence-electron chi connectivity index (χ0n) is 11.2. The van der Waals surface area contributed by atoms with Gasteiger partial charge in [0.1, 0.15) is 17.5 Å². The highest BCUT2D eigenvalue weighted by atomic mass is 79.9. The van der Waals surface area contributed by atoms with Crippen LogP contribution < -0.4 is 5.32 Å². The van der Waals surface area contributed by atoms with Crippen molar-refractivity contribution in [3.8, 4) is 0 Å². The molecule has 0 fully saturated rings. The molecule has 1 aromatic carbocycles. The van der Waals surface area contributed by atoms with E-state index < -0.39 is 23.4 Å². The molecule has 0 spiro atoms. The number of carbonyl (C=O) groups excluding carboxylic acids is 1. The molecule has 1 atom stereocenters. The quantitative estimate of drug-likeness (QED) is 0.820. The van der Waals surface area contributed by atoms with Crippen LogP contribution in [0.4, 0.5) is 10.1 Å². The number of halogens is 3. The lowest BCUT2D eigenvalue weighted by Crippen LogP contribution is -2.34. The summed E-state index contributed by atoms with van der Waals surface area (Å²) in [5.74, 6) is -0.855. The van der Waals surface area contributed by atoms with E-state index in [4.69, 9.17) is 16.3 Å². The maximum absolute atomic E-state index is 13.1. The van der Waals surface area contributed by atoms with Crippen molar-refractivity contribution in [1.29, 1.82) is 0 Å². The monoisotopic (exact) mass is 351 g/mol. The second-order valence-electron chi connectivity index (χ2n) is 5.14. The molecule has 0 saturated carbocycles. The highest BCUT2D eigenvalue weighted by molar-refractivity contribution is 9.10. The lowest BCUT2D eigenvalue weighted by atomic mass is 10.2. The van der Waals surface area contributed by atoms with Gasteiger partial charge in [0, 0.05) is 4.47 Å². The zero-order chi connectivity index (χ0) is 14.8. The first-order valence-corrected chi connectivity index (χ1v) is 6.91. The van der Waals surface area contributed by atoms with Crippen LogP contribution >= 0.6 is 27.5 Å². The third kappa shape index (κ3) is 4.99. The van der Waals surface area contributed by atoms with Gasteiger partial charge in [-0.05, 0) is 55.8 Å². The van der Waals surface area contributed by atoms with Gasteiger partial charge in [0.15, 0.2) is 0 Å². The largest absolute Gasteiger partial charge is 0.458 e. The van der Waals surface area contributed by atoms with E-state index in [-0.39, 0.29) is 5.02 Å². The highest BCUT2D eigenvalue weighted by Gasteiger charge is 2.22. The van der Waals surface area contributed by atoms with Gasteiger partial charge in [-0.25, -0.2) is 9.18 Å². The first-order valence-electron chi connectivity index (χ1n) is 5.74. The third-order valence-corrected chi connectivity index (χ3v) is 3.05. The highest BCUT2D eigenvalue weighted by Crippen LogP contribution is 2.32. The van der Waals surface area contributed by atoms with Crippen LogP contribution in [0.15, 0.2) is 16.6 Å². The molecule has 106 valence electrons. The Kier molecular flexibility index (Phi) is 5.21. The van der Waals surface area contributed by atoms with Crippen LogP contribution in [0.3, 0.4) is 0 Å². The summed E-state index contributed by atoms with van der Waals surface area (Å²) in [6, 6.07) is 1.85. The van der Waals surface area contributed by atoms with Gasteiger partial charge in [0.05, 0.1) is 10.7 Å². The van der Waals surface area contributed by atoms with Crippen molar-refractivity contribution >= 4 is 39.2 Å². The summed E-state index contributed by atoms with van der Waals surface area (Å²) >= 11 is 9.13. The predicted molar refractivity (Wildman–Crippen MR) is 78.0 cm³/mol. The third-order valence-electron chi connectivity index (χ3n) is 2.13. The van der Waals surface area contributed by atoms with Gasteiger partial charge in [0.2, 0.25) is 0 Å². The van der Waals surface area contributed by atoms with Gasteiger partial charge in [-0.1, -0.05) is 11.6 Å². The van der Waals surface area contributed by atoms with Crippen molar-refractivity contribution < 1.29 is 13.9 Å². The number of anilines is 1. The van der Waals surface area contributed by atoms with Crippen molar-refractivity contribution in [1.82, 2.24) is 0 Å². The standard InChI is InChI=1S/C13H16BrClFNO2/c1-7(12(18)19-13(2,3)4)17-11-9(14)5-8(16)6-10(11)15/h5-7,17H,1-4H3. The molecule has 0 aromatic heterocycles. The summed E-state index contributed by atoms with van der Waals surface area (Å²) in [5.41, 5.74) is -0.0990. The van der Waals surface area contributed by atoms with Crippen molar-refractivity contribution in [3.63, 3.8) is 0 Å². The first-order chi connectivity index (χ1) is 8.60. The lowest BCUT2D eigenvalue weighted by Gasteiger charge is -2.23. The fourth-order valence-corrected chi connectivity index (χ4v) is 2.27. The van der Waals surface area contributed by atoms with E-state index >= 15 is 0 Å². The van der Waals surface area contributed by atoms with Crippen molar-refractivity contribution in [2.45, 2.75) is 39.3 Å². The molecule has 3 nitrogen and oxygen atoms in total. The minimum atomic E-state index is -0.599. The van der Waals surface area contributed by atoms with E-state index in [0.29, 0.717) is 10.2 Å². The fourth-order valence-electron chi connectivity index (χ4n) is 1.35. The van der Waals surface area contributed by atoms with Gasteiger partial charge in [0.25, 0.3) is 0 Å². The van der Waals surface area contributed by atoms with Crippen LogP contribution in [0.1, 0.15) is 27.7 Å². The van der Waals surface area contributed by atoms with Gasteiger partial charge in [-0.2, -0.15) is 0 Å². The number of nitrogens with one attached hydrogen (secondary N) is 1. The summed E-state index contributed by atoms with van der Waals surface area (Å²) in [6.45, 7) is 7.02. The van der Waals surface area contributed by atoms with Crippen LogP contribution in [-0.2, 0) is 9.53 Å². The molecule has 19 heavy (non-hydrogen) atoms. The maximum atomic E-state index is 13.1. The zero-order valence-corrected chi connectivity index (χ0v) is 13.5. The van der Waals surface area contributed by atoms with Crippen molar-refractivity contribution in [2.75, 3.05) is 5.32 Å². The van der Waals surface area contributed by atoms with Crippen LogP contribution in [-0.4, -0.2) is 17.6 Å². The van der Waals surface area contributed by atoms with Gasteiger partial charge >= 0.3 is 5.97 Å². The number of hydrogen-bond acceptors (Lipinski definition) is 3. The maximum Gasteiger partial charge on any atom is 0.328 e. The summed E-state index contributed by atoms with van der Waals surface area (Å²) in [5, 5.41) is 3.10. The van der Waals surface area contributed by atoms with Crippen LogP contribution in [0.25, 0.3) is 0 Å². The van der Waals surface area contributed by atoms with Crippen molar-refractivity contribution in [3.05, 3.63) is 27.4 Å². The average Bonchev–Trinajstić information content (AvgIpc) is 2.20. The Hall–Kier alpha value is -0.810. The van der Waals surface area contributed by atoms with Gasteiger partial charge in [-0.15, -0.1) is 0 Å². The Morgan fingerprint density at radius 2 is 2.05 bits per heavy atom. The van der Waals surface area contributed by atoms with Crippen LogP contribution in [0.5, 0.6) is 0 Å². The van der Waals surface area contributed by atoms with Gasteiger partial charge < -0.3 is 10.1 Å². The molecule has 1 N–H and O–H groups in total. The molecule has 6 heteroatoms. The molecule has 1 aromatic rings. The number of carbonyl (C=O) groups is 1. The smallest absolute Gasteiger partial charge is 0.328 e. The van der Waals surface area contributed by atoms with Crippen LogP contribution in [0.2, 0.25) is 5.02 Å². The molecular weight excluding hydrogens is 337 g/mol. The molecule has 0 bridgehead atoms. The fraction of sp³-hybridized carbons (Fsp3) is 0.462. The average molecular weight is 353 g/mol. The van der Waals surface area contributed by atoms with E-state index in [2.05, 4.69) is 21.2 Å². The summed E-state index contributed by atoms with van der Waals surface area (Å²) in [4.78, 5) is 11.8. The van der Waals surface area contributed by atoms with Gasteiger partial charge in [-0.3, -0.25) is 0 Å². The number of benzene rings is 1. The van der Waals surface area contributed by atoms with E-state index in [1.807, 2.05) is 0 Å². The summed E-state index contributed by atoms with van der Waals surface area (Å²) < 4.78 is 18.8. The molecule has 1 rings (SSSR count). The minimum Gasteiger partial charge on any atom is -0.458 e. The predicted octanol–water partition coefficient (Wildman–Crippen LogP) is 4.38. The summed E-state index contributed by atoms with van der Waals surface area (Å²) in [7, 11) is 0. The molecule has 0 amide bonds. The Balaban J connectivity index is 2.83. The Bertz CT molecular complexity index is 465. The Morgan fingerprint density at radius 3 is 2.53 bits per heavy atom. The summed E-state index contributed by atoms with van der Waals surface area (Å²) in [6.07, 6.45) is 0. The number of esters is 1. The van der Waals surface area contributed by atoms with Crippen molar-refractivity contribution in [2.24, 2.45) is 0 Å². The molecule has 1 unspecified atom stereocenters. The Labute approximate surface area is 125 Å². The first kappa shape index (κ1) is 16.2. The second kappa shape index (κ2) is 6.09. The second-order valence-corrected chi connectivity index (χ2v) is 6.41. The SMILES string of the molecule is CC(Nc1c(Cl)cc(F)cc1Br)C(=O)OC(C)(C)C. The van der Waals surface area contributed by atoms with E-state index in [0.717, 1.165) is 0 Å². The Morgan fingerprint density at radius 1 is 1.47 bits per heavy atom. The van der Waals surface area contributed by atoms with E-state index in [9.17, 15) is 9.18 Å². The van der Waals surface area contributed by atoms with Crippen LogP contribution in [0, 0.1) is 5.82 Å². The number of hydrogen-bond donors (Lipinski definition) is 1. The molecule has 0 radical (unpaired) electrons. The van der Waals surface area contributed by atoms with E-state index in [1.165, 1.54) is 12.1 Å². The molecule has 0 aliphatic heterocycles. The molecule has 0 heterocycles. The number of rotatable bonds is 3. The molecule has 0 saturated heterocycles. The topological polar surface area (TPSA) is 38.3 Å².